The van der Waals surface area contributed by atoms with Crippen LogP contribution in [0.25, 0.3) is 0 Å². The molecule has 0 saturated carbocycles. The zero-order valence-electron chi connectivity index (χ0n) is 10.0. The molecule has 0 fully saturated rings. The summed E-state index contributed by atoms with van der Waals surface area (Å²) in [5.41, 5.74) is 0.323. The molecule has 1 heterocycles. The van der Waals surface area contributed by atoms with E-state index in [4.69, 9.17) is 16.7 Å². The van der Waals surface area contributed by atoms with Gasteiger partial charge in [0.15, 0.2) is 0 Å². The number of carboxylic acids is 1. The summed E-state index contributed by atoms with van der Waals surface area (Å²) in [6.45, 7) is 1.82. The van der Waals surface area contributed by atoms with Gasteiger partial charge in [0.1, 0.15) is 5.15 Å². The first-order chi connectivity index (χ1) is 8.50. The van der Waals surface area contributed by atoms with Crippen molar-refractivity contribution in [3.8, 4) is 0 Å². The molecule has 1 aromatic heterocycles. The van der Waals surface area contributed by atoms with E-state index in [1.54, 1.807) is 12.1 Å². The van der Waals surface area contributed by atoms with E-state index in [0.29, 0.717) is 18.4 Å². The second kappa shape index (κ2) is 6.96. The van der Waals surface area contributed by atoms with E-state index in [2.05, 4.69) is 10.3 Å². The number of nitrogens with zero attached hydrogens (tertiary/aromatic N) is 1. The zero-order valence-corrected chi connectivity index (χ0v) is 10.8. The van der Waals surface area contributed by atoms with Crippen molar-refractivity contribution in [2.75, 3.05) is 0 Å². The van der Waals surface area contributed by atoms with Crippen molar-refractivity contribution >= 4 is 23.5 Å². The Hall–Kier alpha value is -1.62. The van der Waals surface area contributed by atoms with Crippen LogP contribution in [0.15, 0.2) is 18.3 Å². The van der Waals surface area contributed by atoms with E-state index < -0.39 is 5.97 Å². The van der Waals surface area contributed by atoms with Crippen LogP contribution in [0.2, 0.25) is 5.15 Å². The highest BCUT2D eigenvalue weighted by molar-refractivity contribution is 6.32. The molecule has 1 rings (SSSR count). The fraction of sp³-hybridized carbons (Fsp3) is 0.417. The number of carboxylic acid groups (broad SMARTS) is 1. The summed E-state index contributed by atoms with van der Waals surface area (Å²) < 4.78 is 0. The van der Waals surface area contributed by atoms with Gasteiger partial charge in [-0.15, -0.1) is 0 Å². The van der Waals surface area contributed by atoms with Crippen molar-refractivity contribution in [2.24, 2.45) is 0 Å². The summed E-state index contributed by atoms with van der Waals surface area (Å²) in [5.74, 6) is -1.13. The average Bonchev–Trinajstić information content (AvgIpc) is 2.28. The fourth-order valence-electron chi connectivity index (χ4n) is 1.49. The maximum Gasteiger partial charge on any atom is 0.303 e. The van der Waals surface area contributed by atoms with Crippen molar-refractivity contribution in [1.82, 2.24) is 10.3 Å². The minimum absolute atomic E-state index is 0.104. The van der Waals surface area contributed by atoms with Crippen LogP contribution in [0.1, 0.15) is 36.5 Å². The quantitative estimate of drug-likeness (QED) is 0.776. The van der Waals surface area contributed by atoms with Crippen molar-refractivity contribution in [3.05, 3.63) is 29.0 Å². The SMILES string of the molecule is CC(CCCC(=O)O)NC(=O)c1cccnc1Cl. The molecular weight excluding hydrogens is 256 g/mol. The number of pyridine rings is 1. The van der Waals surface area contributed by atoms with E-state index in [1.807, 2.05) is 6.92 Å². The molecule has 0 radical (unpaired) electrons. The van der Waals surface area contributed by atoms with Gasteiger partial charge in [-0.2, -0.15) is 0 Å². The van der Waals surface area contributed by atoms with E-state index in [-0.39, 0.29) is 23.5 Å². The maximum atomic E-state index is 11.8. The number of rotatable bonds is 6. The molecule has 0 bridgehead atoms. The van der Waals surface area contributed by atoms with Gasteiger partial charge in [-0.25, -0.2) is 4.98 Å². The number of carbonyl (C=O) groups excluding carboxylic acids is 1. The minimum atomic E-state index is -0.830. The highest BCUT2D eigenvalue weighted by atomic mass is 35.5. The van der Waals surface area contributed by atoms with Crippen LogP contribution in [0.3, 0.4) is 0 Å². The number of nitrogens with one attached hydrogen (secondary N) is 1. The molecule has 18 heavy (non-hydrogen) atoms. The summed E-state index contributed by atoms with van der Waals surface area (Å²) in [6.07, 6.45) is 2.75. The van der Waals surface area contributed by atoms with Crippen LogP contribution in [0, 0.1) is 0 Å². The first-order valence-electron chi connectivity index (χ1n) is 5.64. The summed E-state index contributed by atoms with van der Waals surface area (Å²) in [5, 5.41) is 11.4. The van der Waals surface area contributed by atoms with Gasteiger partial charge in [0.2, 0.25) is 0 Å². The molecule has 1 unspecified atom stereocenters. The van der Waals surface area contributed by atoms with Gasteiger partial charge in [0.05, 0.1) is 5.56 Å². The third-order valence-electron chi connectivity index (χ3n) is 2.41. The van der Waals surface area contributed by atoms with Crippen molar-refractivity contribution in [3.63, 3.8) is 0 Å². The Morgan fingerprint density at radius 2 is 2.28 bits per heavy atom. The number of aromatic nitrogens is 1. The lowest BCUT2D eigenvalue weighted by Gasteiger charge is -2.13. The van der Waals surface area contributed by atoms with Crippen LogP contribution in [-0.4, -0.2) is 28.0 Å². The first kappa shape index (κ1) is 14.4. The van der Waals surface area contributed by atoms with Crippen molar-refractivity contribution in [2.45, 2.75) is 32.2 Å². The molecule has 0 aliphatic heterocycles. The van der Waals surface area contributed by atoms with Gasteiger partial charge in [-0.05, 0) is 31.9 Å². The number of hydrogen-bond donors (Lipinski definition) is 2. The Bertz CT molecular complexity index is 437. The van der Waals surface area contributed by atoms with Crippen LogP contribution >= 0.6 is 11.6 Å². The fourth-order valence-corrected chi connectivity index (χ4v) is 1.69. The Balaban J connectivity index is 2.45. The molecule has 1 amide bonds. The third-order valence-corrected chi connectivity index (χ3v) is 2.71. The van der Waals surface area contributed by atoms with Crippen LogP contribution < -0.4 is 5.32 Å². The normalized spacial score (nSPS) is 11.9. The lowest BCUT2D eigenvalue weighted by molar-refractivity contribution is -0.137. The van der Waals surface area contributed by atoms with Gasteiger partial charge in [0.25, 0.3) is 5.91 Å². The summed E-state index contributed by atoms with van der Waals surface area (Å²) in [7, 11) is 0. The Kier molecular flexibility index (Phi) is 5.58. The summed E-state index contributed by atoms with van der Waals surface area (Å²) in [4.78, 5) is 26.0. The predicted octanol–water partition coefficient (Wildman–Crippen LogP) is 2.11. The first-order valence-corrected chi connectivity index (χ1v) is 6.01. The summed E-state index contributed by atoms with van der Waals surface area (Å²) in [6, 6.07) is 3.12. The predicted molar refractivity (Wildman–Crippen MR) is 67.7 cm³/mol. The molecule has 0 aromatic carbocycles. The highest BCUT2D eigenvalue weighted by Gasteiger charge is 2.13. The minimum Gasteiger partial charge on any atom is -0.481 e. The van der Waals surface area contributed by atoms with Gasteiger partial charge < -0.3 is 10.4 Å². The van der Waals surface area contributed by atoms with Crippen molar-refractivity contribution in [1.29, 1.82) is 0 Å². The molecule has 5 nitrogen and oxygen atoms in total. The van der Waals surface area contributed by atoms with Crippen LogP contribution in [0.5, 0.6) is 0 Å². The van der Waals surface area contributed by atoms with Gasteiger partial charge in [-0.3, -0.25) is 9.59 Å². The summed E-state index contributed by atoms with van der Waals surface area (Å²) >= 11 is 5.80. The lowest BCUT2D eigenvalue weighted by atomic mass is 10.1. The molecule has 0 aliphatic carbocycles. The molecule has 6 heteroatoms. The van der Waals surface area contributed by atoms with Gasteiger partial charge in [0, 0.05) is 18.7 Å². The molecule has 2 N–H and O–H groups in total. The zero-order chi connectivity index (χ0) is 13.5. The molecule has 0 saturated heterocycles. The highest BCUT2D eigenvalue weighted by Crippen LogP contribution is 2.12. The topological polar surface area (TPSA) is 79.3 Å². The van der Waals surface area contributed by atoms with E-state index in [0.717, 1.165) is 0 Å². The van der Waals surface area contributed by atoms with Crippen LogP contribution in [-0.2, 0) is 4.79 Å². The number of hydrogen-bond acceptors (Lipinski definition) is 3. The van der Waals surface area contributed by atoms with Gasteiger partial charge >= 0.3 is 5.97 Å². The van der Waals surface area contributed by atoms with Crippen LogP contribution in [0.4, 0.5) is 0 Å². The average molecular weight is 271 g/mol. The molecular formula is C12H15ClN2O3. The Morgan fingerprint density at radius 3 is 2.89 bits per heavy atom. The molecule has 0 spiro atoms. The number of carbonyl (C=O) groups is 2. The van der Waals surface area contributed by atoms with Crippen molar-refractivity contribution < 1.29 is 14.7 Å². The molecule has 1 atom stereocenters. The standard InChI is InChI=1S/C12H15ClN2O3/c1-8(4-2-6-10(16)17)15-12(18)9-5-3-7-14-11(9)13/h3,5,7-8H,2,4,6H2,1H3,(H,15,18)(H,16,17). The maximum absolute atomic E-state index is 11.8. The number of aliphatic carboxylic acids is 1. The van der Waals surface area contributed by atoms with E-state index in [9.17, 15) is 9.59 Å². The lowest BCUT2D eigenvalue weighted by Crippen LogP contribution is -2.32. The second-order valence-corrected chi connectivity index (χ2v) is 4.36. The Labute approximate surface area is 110 Å². The van der Waals surface area contributed by atoms with E-state index in [1.165, 1.54) is 6.20 Å². The molecule has 0 aliphatic rings. The largest absolute Gasteiger partial charge is 0.481 e. The molecule has 98 valence electrons. The monoisotopic (exact) mass is 270 g/mol. The number of amides is 1. The Morgan fingerprint density at radius 1 is 1.56 bits per heavy atom. The third kappa shape index (κ3) is 4.71. The van der Waals surface area contributed by atoms with E-state index >= 15 is 0 Å². The number of halogens is 1. The second-order valence-electron chi connectivity index (χ2n) is 4.00. The van der Waals surface area contributed by atoms with Gasteiger partial charge in [-0.1, -0.05) is 11.6 Å². The smallest absolute Gasteiger partial charge is 0.303 e. The molecule has 1 aromatic rings.